The number of amides is 1. The molecule has 5 nitrogen and oxygen atoms in total. The van der Waals surface area contributed by atoms with E-state index in [4.69, 9.17) is 27.5 Å². The van der Waals surface area contributed by atoms with Crippen LogP contribution in [0.15, 0.2) is 53.6 Å². The lowest BCUT2D eigenvalue weighted by molar-refractivity contribution is -0.123. The van der Waals surface area contributed by atoms with Crippen LogP contribution in [0.4, 0.5) is 0 Å². The molecular formula is C18H15ClN2O3. The summed E-state index contributed by atoms with van der Waals surface area (Å²) in [5, 5.41) is 4.48. The molecule has 0 heterocycles. The normalized spacial score (nSPS) is 10.2. The van der Waals surface area contributed by atoms with Gasteiger partial charge in [0.25, 0.3) is 5.91 Å². The van der Waals surface area contributed by atoms with Crippen molar-refractivity contribution in [2.45, 2.75) is 0 Å². The number of rotatable bonds is 7. The summed E-state index contributed by atoms with van der Waals surface area (Å²) in [5.41, 5.74) is 3.08. The molecule has 1 N–H and O–H groups in total. The predicted molar refractivity (Wildman–Crippen MR) is 93.5 cm³/mol. The first-order chi connectivity index (χ1) is 11.7. The number of carbonyl (C=O) groups is 1. The monoisotopic (exact) mass is 342 g/mol. The molecule has 0 atom stereocenters. The molecule has 0 radical (unpaired) electrons. The standard InChI is InChI=1S/C18H15ClN2O3/c1-2-11-23-17-6-4-3-5-14(17)12-20-21-18(22)13-24-16-9-7-15(19)8-10-16/h1,3-10,12H,11,13H2,(H,21,22)/b20-12+. The first-order valence-corrected chi connectivity index (χ1v) is 7.42. The average Bonchev–Trinajstić information content (AvgIpc) is 2.60. The van der Waals surface area contributed by atoms with Gasteiger partial charge in [-0.15, -0.1) is 6.42 Å². The Kier molecular flexibility index (Phi) is 6.69. The molecule has 0 fully saturated rings. The lowest BCUT2D eigenvalue weighted by Crippen LogP contribution is -2.24. The van der Waals surface area contributed by atoms with Gasteiger partial charge >= 0.3 is 0 Å². The highest BCUT2D eigenvalue weighted by Crippen LogP contribution is 2.16. The molecule has 1 amide bonds. The molecule has 0 aromatic heterocycles. The number of hydrogen-bond donors (Lipinski definition) is 1. The van der Waals surface area contributed by atoms with Crippen LogP contribution in [0.2, 0.25) is 5.02 Å². The molecule has 0 saturated carbocycles. The third-order valence-electron chi connectivity index (χ3n) is 2.81. The highest BCUT2D eigenvalue weighted by molar-refractivity contribution is 6.30. The van der Waals surface area contributed by atoms with E-state index in [1.165, 1.54) is 6.21 Å². The molecule has 24 heavy (non-hydrogen) atoms. The number of para-hydroxylation sites is 1. The molecule has 0 aliphatic heterocycles. The third kappa shape index (κ3) is 5.67. The molecule has 122 valence electrons. The molecule has 0 aliphatic rings. The fourth-order valence-corrected chi connectivity index (χ4v) is 1.85. The fourth-order valence-electron chi connectivity index (χ4n) is 1.72. The second-order valence-corrected chi connectivity index (χ2v) is 5.00. The largest absolute Gasteiger partial charge is 0.484 e. The molecular weight excluding hydrogens is 328 g/mol. The van der Waals surface area contributed by atoms with Crippen molar-refractivity contribution in [3.63, 3.8) is 0 Å². The highest BCUT2D eigenvalue weighted by atomic mass is 35.5. The number of ether oxygens (including phenoxy) is 2. The number of nitrogens with zero attached hydrogens (tertiary/aromatic N) is 1. The van der Waals surface area contributed by atoms with E-state index in [2.05, 4.69) is 16.4 Å². The van der Waals surface area contributed by atoms with Gasteiger partial charge in [-0.25, -0.2) is 5.43 Å². The summed E-state index contributed by atoms with van der Waals surface area (Å²) in [6.45, 7) is 0.000355. The summed E-state index contributed by atoms with van der Waals surface area (Å²) in [4.78, 5) is 11.7. The Bertz CT molecular complexity index is 752. The highest BCUT2D eigenvalue weighted by Gasteiger charge is 2.02. The van der Waals surface area contributed by atoms with Gasteiger partial charge < -0.3 is 9.47 Å². The van der Waals surface area contributed by atoms with Crippen LogP contribution >= 0.6 is 11.6 Å². The summed E-state index contributed by atoms with van der Waals surface area (Å²) in [5.74, 6) is 3.14. The van der Waals surface area contributed by atoms with Gasteiger partial charge in [-0.2, -0.15) is 5.10 Å². The minimum absolute atomic E-state index is 0.159. The SMILES string of the molecule is C#CCOc1ccccc1/C=N/NC(=O)COc1ccc(Cl)cc1. The smallest absolute Gasteiger partial charge is 0.277 e. The van der Waals surface area contributed by atoms with Gasteiger partial charge in [-0.05, 0) is 36.4 Å². The molecule has 0 saturated heterocycles. The van der Waals surface area contributed by atoms with Gasteiger partial charge in [0.1, 0.15) is 18.1 Å². The number of hydrogen-bond acceptors (Lipinski definition) is 4. The number of nitrogens with one attached hydrogen (secondary N) is 1. The minimum Gasteiger partial charge on any atom is -0.484 e. The topological polar surface area (TPSA) is 59.9 Å². The number of terminal acetylenes is 1. The van der Waals surface area contributed by atoms with Crippen LogP contribution in [0.25, 0.3) is 0 Å². The van der Waals surface area contributed by atoms with Crippen molar-refractivity contribution in [1.29, 1.82) is 0 Å². The maximum Gasteiger partial charge on any atom is 0.277 e. The van der Waals surface area contributed by atoms with Crippen molar-refractivity contribution in [2.75, 3.05) is 13.2 Å². The van der Waals surface area contributed by atoms with E-state index in [-0.39, 0.29) is 19.1 Å². The molecule has 2 aromatic carbocycles. The summed E-state index contributed by atoms with van der Waals surface area (Å²) in [6.07, 6.45) is 6.65. The van der Waals surface area contributed by atoms with E-state index in [0.29, 0.717) is 22.1 Å². The Morgan fingerprint density at radius 1 is 1.21 bits per heavy atom. The lowest BCUT2D eigenvalue weighted by Gasteiger charge is -2.06. The zero-order valence-corrected chi connectivity index (χ0v) is 13.5. The lowest BCUT2D eigenvalue weighted by atomic mass is 10.2. The zero-order chi connectivity index (χ0) is 17.2. The molecule has 2 rings (SSSR count). The molecule has 6 heteroatoms. The van der Waals surface area contributed by atoms with E-state index in [0.717, 1.165) is 0 Å². The van der Waals surface area contributed by atoms with Crippen LogP contribution in [0, 0.1) is 12.3 Å². The van der Waals surface area contributed by atoms with Crippen molar-refractivity contribution in [3.05, 3.63) is 59.1 Å². The number of carbonyl (C=O) groups excluding carboxylic acids is 1. The van der Waals surface area contributed by atoms with Gasteiger partial charge in [0, 0.05) is 10.6 Å². The Labute approximate surface area is 145 Å². The predicted octanol–water partition coefficient (Wildman–Crippen LogP) is 2.88. The molecule has 0 spiro atoms. The Morgan fingerprint density at radius 2 is 1.96 bits per heavy atom. The van der Waals surface area contributed by atoms with Crippen LogP contribution in [0.1, 0.15) is 5.56 Å². The van der Waals surface area contributed by atoms with Gasteiger partial charge in [-0.3, -0.25) is 4.79 Å². The zero-order valence-electron chi connectivity index (χ0n) is 12.7. The van der Waals surface area contributed by atoms with E-state index >= 15 is 0 Å². The summed E-state index contributed by atoms with van der Waals surface area (Å²) < 4.78 is 10.7. The maximum absolute atomic E-state index is 11.7. The number of halogens is 1. The van der Waals surface area contributed by atoms with Gasteiger partial charge in [0.15, 0.2) is 6.61 Å². The quantitative estimate of drug-likeness (QED) is 0.478. The third-order valence-corrected chi connectivity index (χ3v) is 3.06. The average molecular weight is 343 g/mol. The van der Waals surface area contributed by atoms with Gasteiger partial charge in [0.05, 0.1) is 6.21 Å². The molecule has 0 unspecified atom stereocenters. The second kappa shape index (κ2) is 9.23. The van der Waals surface area contributed by atoms with Crippen LogP contribution in [-0.4, -0.2) is 25.3 Å². The minimum atomic E-state index is -0.386. The fraction of sp³-hybridized carbons (Fsp3) is 0.111. The van der Waals surface area contributed by atoms with E-state index < -0.39 is 0 Å². The van der Waals surface area contributed by atoms with Crippen molar-refractivity contribution in [3.8, 4) is 23.8 Å². The molecule has 0 aliphatic carbocycles. The van der Waals surface area contributed by atoms with Crippen LogP contribution in [0.3, 0.4) is 0 Å². The van der Waals surface area contributed by atoms with Crippen molar-refractivity contribution >= 4 is 23.7 Å². The number of benzene rings is 2. The van der Waals surface area contributed by atoms with Crippen molar-refractivity contribution in [2.24, 2.45) is 5.10 Å². The van der Waals surface area contributed by atoms with Crippen LogP contribution < -0.4 is 14.9 Å². The Balaban J connectivity index is 1.84. The van der Waals surface area contributed by atoms with Gasteiger partial charge in [-0.1, -0.05) is 29.7 Å². The summed E-state index contributed by atoms with van der Waals surface area (Å²) in [7, 11) is 0. The Morgan fingerprint density at radius 3 is 2.71 bits per heavy atom. The van der Waals surface area contributed by atoms with E-state index in [9.17, 15) is 4.79 Å². The molecule has 0 bridgehead atoms. The van der Waals surface area contributed by atoms with Crippen LogP contribution in [0.5, 0.6) is 11.5 Å². The summed E-state index contributed by atoms with van der Waals surface area (Å²) in [6, 6.07) is 13.9. The van der Waals surface area contributed by atoms with E-state index in [1.54, 1.807) is 36.4 Å². The second-order valence-electron chi connectivity index (χ2n) is 4.57. The first-order valence-electron chi connectivity index (χ1n) is 7.04. The van der Waals surface area contributed by atoms with Crippen molar-refractivity contribution in [1.82, 2.24) is 5.43 Å². The van der Waals surface area contributed by atoms with Gasteiger partial charge in [0.2, 0.25) is 0 Å². The first kappa shape index (κ1) is 17.4. The van der Waals surface area contributed by atoms with Crippen LogP contribution in [-0.2, 0) is 4.79 Å². The maximum atomic E-state index is 11.7. The Hall–Kier alpha value is -2.97. The van der Waals surface area contributed by atoms with Crippen molar-refractivity contribution < 1.29 is 14.3 Å². The molecule has 2 aromatic rings. The van der Waals surface area contributed by atoms with E-state index in [1.807, 2.05) is 12.1 Å². The number of hydrazone groups is 1. The summed E-state index contributed by atoms with van der Waals surface area (Å²) >= 11 is 5.77.